The fourth-order valence-electron chi connectivity index (χ4n) is 0.632. The molecule has 0 unspecified atom stereocenters. The second-order valence-electron chi connectivity index (χ2n) is 1.75. The Hall–Kier alpha value is -1.36. The molecule has 9 heavy (non-hydrogen) atoms. The summed E-state index contributed by atoms with van der Waals surface area (Å²) in [7, 11) is 0. The second-order valence-corrected chi connectivity index (χ2v) is 1.75. The normalized spacial score (nSPS) is 8.33. The molecule has 2 heteroatoms. The van der Waals surface area contributed by atoms with Crippen molar-refractivity contribution >= 4 is 0 Å². The van der Waals surface area contributed by atoms with Crippen LogP contribution in [0.4, 0.5) is 0 Å². The molecule has 0 amide bonds. The lowest BCUT2D eigenvalue weighted by Crippen LogP contribution is -1.99. The van der Waals surface area contributed by atoms with Crippen LogP contribution in [-0.2, 0) is 6.42 Å². The molecule has 0 spiro atoms. The monoisotopic (exact) mass is 119 g/mol. The number of nitriles is 1. The van der Waals surface area contributed by atoms with E-state index in [1.54, 1.807) is 0 Å². The Morgan fingerprint density at radius 1 is 1.67 bits per heavy atom. The van der Waals surface area contributed by atoms with Gasteiger partial charge in [0.2, 0.25) is 0 Å². The molecule has 0 saturated carbocycles. The van der Waals surface area contributed by atoms with Gasteiger partial charge in [0.25, 0.3) is 0 Å². The smallest absolute Gasteiger partial charge is 0.171 e. The molecule has 0 atom stereocenters. The molecule has 0 radical (unpaired) electrons. The highest BCUT2D eigenvalue weighted by Gasteiger charge is 1.90. The first kappa shape index (κ1) is 5.77. The molecule has 2 nitrogen and oxygen atoms in total. The van der Waals surface area contributed by atoms with Gasteiger partial charge in [-0.2, -0.15) is 5.26 Å². The zero-order valence-electron chi connectivity index (χ0n) is 4.96. The predicted octanol–water partition coefficient (Wildman–Crippen LogP) is 0.567. The van der Waals surface area contributed by atoms with Crippen LogP contribution in [0.3, 0.4) is 0 Å². The highest BCUT2D eigenvalue weighted by molar-refractivity contribution is 5.09. The van der Waals surface area contributed by atoms with Crippen LogP contribution in [0.1, 0.15) is 5.56 Å². The molecule has 1 heterocycles. The Labute approximate surface area is 53.8 Å². The average Bonchev–Trinajstić information content (AvgIpc) is 1.91. The van der Waals surface area contributed by atoms with Gasteiger partial charge in [0.15, 0.2) is 12.4 Å². The van der Waals surface area contributed by atoms with Crippen molar-refractivity contribution in [3.63, 3.8) is 0 Å². The van der Waals surface area contributed by atoms with Gasteiger partial charge in [0.05, 0.1) is 12.5 Å². The molecular formula is C7H7N2+. The molecule has 1 rings (SSSR count). The number of aromatic nitrogens is 1. The molecular weight excluding hydrogens is 112 g/mol. The summed E-state index contributed by atoms with van der Waals surface area (Å²) in [5.41, 5.74) is 1.03. The standard InChI is InChI=1S/C7H6N2/c8-4-3-7-2-1-5-9-6-7/h1-2,5-6H,3H2/p+1. The van der Waals surface area contributed by atoms with E-state index in [4.69, 9.17) is 5.26 Å². The Kier molecular flexibility index (Phi) is 1.81. The minimum atomic E-state index is 0.483. The van der Waals surface area contributed by atoms with Gasteiger partial charge in [-0.3, -0.25) is 0 Å². The first-order chi connectivity index (χ1) is 4.43. The maximum Gasteiger partial charge on any atom is 0.171 e. The van der Waals surface area contributed by atoms with Gasteiger partial charge < -0.3 is 0 Å². The summed E-state index contributed by atoms with van der Waals surface area (Å²) in [5.74, 6) is 0. The first-order valence-electron chi connectivity index (χ1n) is 2.75. The summed E-state index contributed by atoms with van der Waals surface area (Å²) in [6.45, 7) is 0. The van der Waals surface area contributed by atoms with Crippen LogP contribution in [0.25, 0.3) is 0 Å². The molecule has 0 aliphatic heterocycles. The maximum atomic E-state index is 8.26. The lowest BCUT2D eigenvalue weighted by atomic mass is 10.2. The van der Waals surface area contributed by atoms with Gasteiger partial charge in [-0.05, 0) is 6.07 Å². The lowest BCUT2D eigenvalue weighted by molar-refractivity contribution is -0.378. The number of nitrogens with one attached hydrogen (secondary N) is 1. The summed E-state index contributed by atoms with van der Waals surface area (Å²) in [6, 6.07) is 5.86. The minimum absolute atomic E-state index is 0.483. The van der Waals surface area contributed by atoms with Crippen LogP contribution >= 0.6 is 0 Å². The number of pyridine rings is 1. The van der Waals surface area contributed by atoms with Crippen LogP contribution in [0.2, 0.25) is 0 Å². The van der Waals surface area contributed by atoms with Gasteiger partial charge in [-0.15, -0.1) is 0 Å². The number of H-pyrrole nitrogens is 1. The zero-order valence-corrected chi connectivity index (χ0v) is 4.96. The molecule has 0 fully saturated rings. The third-order valence-corrected chi connectivity index (χ3v) is 1.05. The van der Waals surface area contributed by atoms with E-state index in [1.807, 2.05) is 24.5 Å². The molecule has 1 N–H and O–H groups in total. The van der Waals surface area contributed by atoms with E-state index >= 15 is 0 Å². The van der Waals surface area contributed by atoms with E-state index in [-0.39, 0.29) is 0 Å². The first-order valence-corrected chi connectivity index (χ1v) is 2.75. The highest BCUT2D eigenvalue weighted by Crippen LogP contribution is 1.91. The second kappa shape index (κ2) is 2.83. The fourth-order valence-corrected chi connectivity index (χ4v) is 0.632. The summed E-state index contributed by atoms with van der Waals surface area (Å²) in [5, 5.41) is 8.26. The Morgan fingerprint density at radius 2 is 2.56 bits per heavy atom. The molecule has 1 aromatic rings. The van der Waals surface area contributed by atoms with E-state index in [0.717, 1.165) is 5.56 Å². The lowest BCUT2D eigenvalue weighted by Gasteiger charge is -1.82. The van der Waals surface area contributed by atoms with Crippen LogP contribution in [0.5, 0.6) is 0 Å². The Balaban J connectivity index is 2.76. The van der Waals surface area contributed by atoms with Crippen molar-refractivity contribution in [2.24, 2.45) is 0 Å². The van der Waals surface area contributed by atoms with Crippen LogP contribution in [-0.4, -0.2) is 0 Å². The van der Waals surface area contributed by atoms with Crippen molar-refractivity contribution < 1.29 is 4.98 Å². The topological polar surface area (TPSA) is 37.9 Å². The number of hydrogen-bond acceptors (Lipinski definition) is 1. The van der Waals surface area contributed by atoms with Crippen molar-refractivity contribution in [1.82, 2.24) is 0 Å². The maximum absolute atomic E-state index is 8.26. The van der Waals surface area contributed by atoms with Crippen molar-refractivity contribution in [2.45, 2.75) is 6.42 Å². The molecule has 0 bridgehead atoms. The van der Waals surface area contributed by atoms with E-state index < -0.39 is 0 Å². The third-order valence-electron chi connectivity index (χ3n) is 1.05. The molecule has 0 aromatic carbocycles. The number of rotatable bonds is 1. The minimum Gasteiger partial charge on any atom is -0.218 e. The number of aromatic amines is 1. The highest BCUT2D eigenvalue weighted by atomic mass is 14.6. The van der Waals surface area contributed by atoms with Crippen LogP contribution in [0, 0.1) is 11.3 Å². The SMILES string of the molecule is N#CCc1ccc[nH+]c1. The molecule has 0 aliphatic rings. The van der Waals surface area contributed by atoms with Crippen LogP contribution in [0.15, 0.2) is 24.5 Å². The van der Waals surface area contributed by atoms with Crippen molar-refractivity contribution in [3.05, 3.63) is 30.1 Å². The Morgan fingerprint density at radius 3 is 3.11 bits per heavy atom. The molecule has 0 aliphatic carbocycles. The van der Waals surface area contributed by atoms with Gasteiger partial charge in [0, 0.05) is 11.6 Å². The quantitative estimate of drug-likeness (QED) is 0.532. The predicted molar refractivity (Wildman–Crippen MR) is 32.3 cm³/mol. The van der Waals surface area contributed by atoms with Gasteiger partial charge in [-0.1, -0.05) is 0 Å². The summed E-state index contributed by atoms with van der Waals surface area (Å²) in [4.78, 5) is 2.89. The average molecular weight is 119 g/mol. The van der Waals surface area contributed by atoms with Gasteiger partial charge >= 0.3 is 0 Å². The fraction of sp³-hybridized carbons (Fsp3) is 0.143. The third kappa shape index (κ3) is 1.54. The molecule has 44 valence electrons. The van der Waals surface area contributed by atoms with Gasteiger partial charge in [0.1, 0.15) is 0 Å². The van der Waals surface area contributed by atoms with E-state index in [2.05, 4.69) is 11.1 Å². The van der Waals surface area contributed by atoms with Crippen molar-refractivity contribution in [2.75, 3.05) is 0 Å². The van der Waals surface area contributed by atoms with Crippen molar-refractivity contribution in [3.8, 4) is 6.07 Å². The number of nitrogens with zero attached hydrogens (tertiary/aromatic N) is 1. The van der Waals surface area contributed by atoms with E-state index in [9.17, 15) is 0 Å². The zero-order chi connectivity index (χ0) is 6.53. The molecule has 1 aromatic heterocycles. The summed E-state index contributed by atoms with van der Waals surface area (Å²) in [6.07, 6.45) is 4.13. The molecule has 0 saturated heterocycles. The summed E-state index contributed by atoms with van der Waals surface area (Å²) < 4.78 is 0. The largest absolute Gasteiger partial charge is 0.218 e. The summed E-state index contributed by atoms with van der Waals surface area (Å²) >= 11 is 0. The Bertz CT molecular complexity index is 210. The van der Waals surface area contributed by atoms with E-state index in [1.165, 1.54) is 0 Å². The van der Waals surface area contributed by atoms with Crippen molar-refractivity contribution in [1.29, 1.82) is 5.26 Å². The van der Waals surface area contributed by atoms with Crippen LogP contribution < -0.4 is 4.98 Å². The number of hydrogen-bond donors (Lipinski definition) is 0. The van der Waals surface area contributed by atoms with Gasteiger partial charge in [-0.25, -0.2) is 4.98 Å². The van der Waals surface area contributed by atoms with E-state index in [0.29, 0.717) is 6.42 Å².